The number of halogens is 12. The molecule has 0 spiro atoms. The molecule has 0 amide bonds. The molecule has 0 unspecified atom stereocenters. The Morgan fingerprint density at radius 3 is 0.684 bits per heavy atom. The first-order valence-corrected chi connectivity index (χ1v) is 8.81. The van der Waals surface area contributed by atoms with Gasteiger partial charge in [0.1, 0.15) is 0 Å². The van der Waals surface area contributed by atoms with Crippen molar-refractivity contribution in [3.8, 4) is 0 Å². The molecule has 19 heavy (non-hydrogen) atoms. The van der Waals surface area contributed by atoms with Gasteiger partial charge in [0.15, 0.2) is 0 Å². The van der Waals surface area contributed by atoms with E-state index >= 15 is 0 Å². The Labute approximate surface area is 106 Å². The minimum atomic E-state index is -6.82. The molecule has 0 aliphatic carbocycles. The van der Waals surface area contributed by atoms with Crippen LogP contribution in [0.5, 0.6) is 0 Å². The standard InChI is InChI=1S/C4As2F12O/c7-1(8,9)5(2(10,11)12)19-6(3(13,14)15)4(16,17)18. The molecule has 0 aliphatic heterocycles. The van der Waals surface area contributed by atoms with Gasteiger partial charge in [0.05, 0.1) is 0 Å². The molecule has 0 aromatic rings. The molecule has 116 valence electrons. The molecule has 0 aromatic carbocycles. The normalized spacial score (nSPS) is 15.5. The van der Waals surface area contributed by atoms with Gasteiger partial charge >= 0.3 is 105 Å². The zero-order chi connectivity index (χ0) is 15.9. The summed E-state index contributed by atoms with van der Waals surface area (Å²) < 4.78 is 145. The van der Waals surface area contributed by atoms with Crippen molar-refractivity contribution < 1.29 is 55.4 Å². The summed E-state index contributed by atoms with van der Waals surface area (Å²) in [6.07, 6.45) is 0. The number of rotatable bonds is 2. The molecule has 0 bridgehead atoms. The number of hydrogen-bond donors (Lipinski definition) is 0. The third kappa shape index (κ3) is 6.03. The van der Waals surface area contributed by atoms with Gasteiger partial charge < -0.3 is 0 Å². The van der Waals surface area contributed by atoms with E-state index in [1.165, 1.54) is 0 Å². The Hall–Kier alpha value is 0.237. The topological polar surface area (TPSA) is 9.23 Å². The maximum absolute atomic E-state index is 11.9. The summed E-state index contributed by atoms with van der Waals surface area (Å²) >= 11 is -13.6. The van der Waals surface area contributed by atoms with Crippen molar-refractivity contribution in [1.29, 1.82) is 0 Å². The van der Waals surface area contributed by atoms with E-state index in [1.54, 1.807) is 0 Å². The van der Waals surface area contributed by atoms with Gasteiger partial charge in [0.25, 0.3) is 0 Å². The second-order valence-electron chi connectivity index (χ2n) is 2.54. The van der Waals surface area contributed by atoms with Crippen molar-refractivity contribution >= 4 is 30.0 Å². The Morgan fingerprint density at radius 1 is 0.421 bits per heavy atom. The molecule has 0 rings (SSSR count). The van der Waals surface area contributed by atoms with Crippen molar-refractivity contribution in [3.63, 3.8) is 0 Å². The Kier molecular flexibility index (Phi) is 5.62. The van der Waals surface area contributed by atoms with Crippen molar-refractivity contribution in [2.24, 2.45) is 0 Å². The van der Waals surface area contributed by atoms with Crippen LogP contribution in [-0.2, 0) is 2.72 Å². The summed E-state index contributed by atoms with van der Waals surface area (Å²) in [4.78, 5) is -25.2. The van der Waals surface area contributed by atoms with Crippen molar-refractivity contribution in [2.75, 3.05) is 0 Å². The fourth-order valence-corrected chi connectivity index (χ4v) is 8.70. The number of alkyl halides is 12. The monoisotopic (exact) mass is 442 g/mol. The molecule has 15 heteroatoms. The van der Waals surface area contributed by atoms with Crippen LogP contribution in [0.2, 0.25) is 0 Å². The summed E-state index contributed by atoms with van der Waals surface area (Å²) in [5.41, 5.74) is 0. The zero-order valence-corrected chi connectivity index (χ0v) is 11.6. The summed E-state index contributed by atoms with van der Waals surface area (Å²) in [5.74, 6) is 0. The maximum atomic E-state index is 11.9. The van der Waals surface area contributed by atoms with Crippen LogP contribution in [0.15, 0.2) is 0 Å². The first-order chi connectivity index (χ1) is 7.97. The summed E-state index contributed by atoms with van der Waals surface area (Å²) in [6, 6.07) is 0. The van der Waals surface area contributed by atoms with Crippen LogP contribution in [0.1, 0.15) is 0 Å². The fraction of sp³-hybridized carbons (Fsp3) is 1.00. The fourth-order valence-electron chi connectivity index (χ4n) is 0.554. The molecule has 0 aromatic heterocycles. The van der Waals surface area contributed by atoms with E-state index in [9.17, 15) is 52.7 Å². The Morgan fingerprint density at radius 2 is 0.579 bits per heavy atom. The van der Waals surface area contributed by atoms with Gasteiger partial charge in [-0.25, -0.2) is 0 Å². The molecule has 0 heterocycles. The number of hydrogen-bond acceptors (Lipinski definition) is 1. The van der Waals surface area contributed by atoms with Crippen LogP contribution >= 0.6 is 0 Å². The quantitative estimate of drug-likeness (QED) is 0.471. The molecule has 0 N–H and O–H groups in total. The minimum absolute atomic E-state index is 2.50. The van der Waals surface area contributed by atoms with Gasteiger partial charge in [-0.1, -0.05) is 0 Å². The van der Waals surface area contributed by atoms with Crippen molar-refractivity contribution in [2.45, 2.75) is 19.9 Å². The van der Waals surface area contributed by atoms with Gasteiger partial charge in [-0.15, -0.1) is 0 Å². The average molecular weight is 442 g/mol. The second kappa shape index (κ2) is 5.55. The van der Waals surface area contributed by atoms with E-state index in [2.05, 4.69) is 2.72 Å². The van der Waals surface area contributed by atoms with Crippen LogP contribution < -0.4 is 0 Å². The van der Waals surface area contributed by atoms with Crippen LogP contribution in [0.25, 0.3) is 0 Å². The average Bonchev–Trinajstić information content (AvgIpc) is 1.91. The Bertz CT molecular complexity index is 239. The summed E-state index contributed by atoms with van der Waals surface area (Å²) in [5, 5.41) is 0. The van der Waals surface area contributed by atoms with Crippen LogP contribution in [0, 0.1) is 0 Å². The van der Waals surface area contributed by atoms with Gasteiger partial charge in [-0.3, -0.25) is 0 Å². The van der Waals surface area contributed by atoms with Crippen LogP contribution in [-0.4, -0.2) is 49.8 Å². The molecule has 0 fully saturated rings. The third-order valence-corrected chi connectivity index (χ3v) is 9.20. The van der Waals surface area contributed by atoms with Crippen molar-refractivity contribution in [3.05, 3.63) is 0 Å². The molecule has 0 aliphatic rings. The molecule has 0 radical (unpaired) electrons. The predicted molar refractivity (Wildman–Crippen MR) is 36.8 cm³/mol. The summed E-state index contributed by atoms with van der Waals surface area (Å²) in [7, 11) is 0. The van der Waals surface area contributed by atoms with E-state index < -0.39 is 49.8 Å². The van der Waals surface area contributed by atoms with Crippen LogP contribution in [0.3, 0.4) is 0 Å². The van der Waals surface area contributed by atoms with Gasteiger partial charge in [0.2, 0.25) is 0 Å². The van der Waals surface area contributed by atoms with E-state index in [4.69, 9.17) is 0 Å². The van der Waals surface area contributed by atoms with Gasteiger partial charge in [-0.2, -0.15) is 0 Å². The first-order valence-electron chi connectivity index (χ1n) is 3.53. The molecule has 0 atom stereocenters. The predicted octanol–water partition coefficient (Wildman–Crippen LogP) is 3.39. The van der Waals surface area contributed by atoms with E-state index in [0.717, 1.165) is 0 Å². The van der Waals surface area contributed by atoms with E-state index in [1.807, 2.05) is 0 Å². The second-order valence-corrected chi connectivity index (χ2v) is 11.4. The third-order valence-electron chi connectivity index (χ3n) is 1.08. The molecule has 1 nitrogen and oxygen atoms in total. The molecule has 0 saturated heterocycles. The Balaban J connectivity index is 5.43. The zero-order valence-electron chi connectivity index (χ0n) is 7.84. The molecular weight excluding hydrogens is 442 g/mol. The van der Waals surface area contributed by atoms with Crippen molar-refractivity contribution in [1.82, 2.24) is 0 Å². The van der Waals surface area contributed by atoms with E-state index in [-0.39, 0.29) is 0 Å². The van der Waals surface area contributed by atoms with E-state index in [0.29, 0.717) is 0 Å². The van der Waals surface area contributed by atoms with Crippen LogP contribution in [0.4, 0.5) is 52.7 Å². The SMILES string of the molecule is FC(F)(F)[As](O[As](C(F)(F)F)C(F)(F)F)C(F)(F)F. The molecule has 0 saturated carbocycles. The van der Waals surface area contributed by atoms with Gasteiger partial charge in [-0.05, 0) is 0 Å². The molecular formula is C4As2F12O. The first kappa shape index (κ1) is 19.2. The summed E-state index contributed by atoms with van der Waals surface area (Å²) in [6.45, 7) is 0. The van der Waals surface area contributed by atoms with Gasteiger partial charge in [0, 0.05) is 0 Å².